The van der Waals surface area contributed by atoms with E-state index in [1.807, 2.05) is 0 Å². The van der Waals surface area contributed by atoms with Gasteiger partial charge in [0.15, 0.2) is 0 Å². The summed E-state index contributed by atoms with van der Waals surface area (Å²) in [5.41, 5.74) is -4.09. The van der Waals surface area contributed by atoms with Crippen molar-refractivity contribution in [2.75, 3.05) is 6.61 Å². The number of hydrogen-bond donors (Lipinski definition) is 3. The average Bonchev–Trinajstić information content (AvgIpc) is 3.53. The lowest BCUT2D eigenvalue weighted by Crippen LogP contribution is -2.60. The normalized spacial score (nSPS) is 53.9. The molecule has 2 spiro atoms. The lowest BCUT2D eigenvalue weighted by atomic mass is 9.63. The van der Waals surface area contributed by atoms with Crippen LogP contribution in [0.5, 0.6) is 0 Å². The smallest absolute Gasteiger partial charge is 0.339 e. The van der Waals surface area contributed by atoms with Crippen LogP contribution >= 0.6 is 0 Å². The Balaban J connectivity index is 1.27. The molecule has 11 heteroatoms. The van der Waals surface area contributed by atoms with Crippen LogP contribution in [0.15, 0.2) is 23.5 Å². The molecule has 6 heterocycles. The Morgan fingerprint density at radius 1 is 1.18 bits per heavy atom. The molecule has 6 aliphatic heterocycles. The van der Waals surface area contributed by atoms with Gasteiger partial charge in [-0.25, -0.2) is 4.79 Å². The van der Waals surface area contributed by atoms with E-state index < -0.39 is 75.7 Å². The van der Waals surface area contributed by atoms with E-state index in [-0.39, 0.29) is 31.7 Å². The number of allylic oxidation sites excluding steroid dienone is 2. The Kier molecular flexibility index (Phi) is 5.22. The summed E-state index contributed by atoms with van der Waals surface area (Å²) >= 11 is 0. The maximum absolute atomic E-state index is 13.9. The average molecular weight is 561 g/mol. The van der Waals surface area contributed by atoms with Gasteiger partial charge in [-0.3, -0.25) is 9.59 Å². The molecular weight excluding hydrogens is 524 g/mol. The summed E-state index contributed by atoms with van der Waals surface area (Å²) in [5.74, 6) is -6.96. The molecule has 0 aromatic heterocycles. The molecule has 0 aromatic carbocycles. The van der Waals surface area contributed by atoms with E-state index in [4.69, 9.17) is 23.7 Å². The van der Waals surface area contributed by atoms with E-state index in [9.17, 15) is 29.7 Å². The zero-order chi connectivity index (χ0) is 28.7. The molecule has 1 saturated carbocycles. The second kappa shape index (κ2) is 7.81. The second-order valence-corrected chi connectivity index (χ2v) is 13.6. The molecule has 3 N–H and O–H groups in total. The number of carbonyl (C=O) groups excluding carboxylic acids is 3. The molecule has 0 unspecified atom stereocenters. The second-order valence-electron chi connectivity index (χ2n) is 13.6. The first-order chi connectivity index (χ1) is 18.6. The molecule has 0 amide bonds. The van der Waals surface area contributed by atoms with Crippen LogP contribution in [0.2, 0.25) is 0 Å². The number of carbonyl (C=O) groups is 3. The third-order valence-electron chi connectivity index (χ3n) is 10.9. The van der Waals surface area contributed by atoms with Gasteiger partial charge in [0.25, 0.3) is 0 Å². The van der Waals surface area contributed by atoms with Gasteiger partial charge in [0.2, 0.25) is 11.6 Å². The van der Waals surface area contributed by atoms with Crippen LogP contribution < -0.4 is 0 Å². The minimum atomic E-state index is -2.21. The minimum Gasteiger partial charge on any atom is -0.456 e. The number of aliphatic hydroxyl groups is 3. The molecule has 11 nitrogen and oxygen atoms in total. The van der Waals surface area contributed by atoms with Crippen LogP contribution in [0.25, 0.3) is 0 Å². The van der Waals surface area contributed by atoms with Gasteiger partial charge in [-0.1, -0.05) is 13.8 Å². The van der Waals surface area contributed by atoms with Crippen molar-refractivity contribution >= 4 is 17.7 Å². The molecule has 11 atom stereocenters. The summed E-state index contributed by atoms with van der Waals surface area (Å²) in [6.07, 6.45) is 2.76. The number of ketones is 1. The number of fused-ring (bicyclic) bond motifs is 4. The fourth-order valence-corrected chi connectivity index (χ4v) is 9.30. The topological polar surface area (TPSA) is 158 Å². The van der Waals surface area contributed by atoms with Gasteiger partial charge < -0.3 is 39.0 Å². The molecule has 40 heavy (non-hydrogen) atoms. The standard InChI is InChI=1S/C29H36O11/c1-14(7-16-8-15(2)23(33)36-16)22(32)24(3)5-6-26-12-27-19(10-20(31)39-27)38-25(4,13-30)21(27)17-9-18(26)29(35,37-17)28(34,11-24)40-26/h7-8,14,17-19,21,30,34-35H,5-6,9-13H2,1-4H3/b16-7-/t14-,17+,18-,19-,21+,24+,25+,26+,27+,28+,29-/m1/s1. The largest absolute Gasteiger partial charge is 0.456 e. The van der Waals surface area contributed by atoms with Crippen molar-refractivity contribution in [1.82, 2.24) is 0 Å². The van der Waals surface area contributed by atoms with Crippen molar-refractivity contribution in [3.8, 4) is 0 Å². The molecule has 0 aromatic rings. The molecule has 4 bridgehead atoms. The van der Waals surface area contributed by atoms with E-state index in [1.165, 1.54) is 0 Å². The number of ether oxygens (including phenoxy) is 5. The summed E-state index contributed by atoms with van der Waals surface area (Å²) in [5, 5.41) is 34.6. The van der Waals surface area contributed by atoms with Gasteiger partial charge in [-0.2, -0.15) is 0 Å². The summed E-state index contributed by atoms with van der Waals surface area (Å²) in [4.78, 5) is 38.3. The van der Waals surface area contributed by atoms with Gasteiger partial charge in [0, 0.05) is 29.7 Å². The van der Waals surface area contributed by atoms with Crippen molar-refractivity contribution in [3.05, 3.63) is 23.5 Å². The third-order valence-corrected chi connectivity index (χ3v) is 10.9. The zero-order valence-electron chi connectivity index (χ0n) is 23.1. The number of esters is 2. The molecule has 7 aliphatic rings. The molecule has 0 radical (unpaired) electrons. The van der Waals surface area contributed by atoms with Crippen LogP contribution in [0.3, 0.4) is 0 Å². The van der Waals surface area contributed by atoms with Crippen LogP contribution in [-0.4, -0.2) is 80.2 Å². The lowest BCUT2D eigenvalue weighted by Gasteiger charge is -2.46. The summed E-state index contributed by atoms with van der Waals surface area (Å²) in [6.45, 7) is 6.52. The number of aliphatic hydroxyl groups excluding tert-OH is 1. The van der Waals surface area contributed by atoms with Gasteiger partial charge in [0.1, 0.15) is 23.2 Å². The number of Topliss-reactive ketones (excluding diaryl/α,β-unsaturated/α-hetero) is 1. The van der Waals surface area contributed by atoms with E-state index >= 15 is 0 Å². The Bertz CT molecular complexity index is 1290. The number of cyclic esters (lactones) is 1. The quantitative estimate of drug-likeness (QED) is 0.424. The molecule has 7 rings (SSSR count). The van der Waals surface area contributed by atoms with Gasteiger partial charge in [-0.05, 0) is 45.3 Å². The van der Waals surface area contributed by atoms with Crippen LogP contribution in [-0.2, 0) is 38.1 Å². The number of rotatable bonds is 4. The molecule has 5 saturated heterocycles. The first-order valence-corrected chi connectivity index (χ1v) is 14.1. The SMILES string of the molecule is CC1=C/C(=C/[C@@H](C)C(=O)[C@@]2(C)CC[C@]34C[C@]56OC(=O)C[C@H]5O[C@@](C)(CO)[C@@H]6[C@@H]5C[C@H]3[C@@](O)(O5)[C@](O)(C2)O4)OC1=O. The first kappa shape index (κ1) is 26.7. The Morgan fingerprint density at radius 2 is 1.93 bits per heavy atom. The molecule has 218 valence electrons. The molecule has 6 fully saturated rings. The van der Waals surface area contributed by atoms with E-state index in [0.29, 0.717) is 30.6 Å². The highest BCUT2D eigenvalue weighted by Crippen LogP contribution is 2.71. The highest BCUT2D eigenvalue weighted by Gasteiger charge is 2.84. The van der Waals surface area contributed by atoms with Crippen molar-refractivity contribution in [2.45, 2.75) is 107 Å². The van der Waals surface area contributed by atoms with Crippen LogP contribution in [0, 0.1) is 23.2 Å². The molecule has 1 aliphatic carbocycles. The van der Waals surface area contributed by atoms with E-state index in [1.54, 1.807) is 39.8 Å². The summed E-state index contributed by atoms with van der Waals surface area (Å²) < 4.78 is 30.4. The highest BCUT2D eigenvalue weighted by atomic mass is 16.8. The number of hydrogen-bond acceptors (Lipinski definition) is 11. The highest BCUT2D eigenvalue weighted by molar-refractivity contribution is 5.93. The van der Waals surface area contributed by atoms with Crippen molar-refractivity contribution < 1.29 is 53.4 Å². The monoisotopic (exact) mass is 560 g/mol. The predicted molar refractivity (Wildman–Crippen MR) is 133 cm³/mol. The first-order valence-electron chi connectivity index (χ1n) is 14.1. The van der Waals surface area contributed by atoms with Gasteiger partial charge >= 0.3 is 11.9 Å². The maximum Gasteiger partial charge on any atom is 0.339 e. The lowest BCUT2D eigenvalue weighted by molar-refractivity contribution is -0.361. The fraction of sp³-hybridized carbons (Fsp3) is 0.759. The van der Waals surface area contributed by atoms with Crippen molar-refractivity contribution in [3.63, 3.8) is 0 Å². The maximum atomic E-state index is 13.9. The van der Waals surface area contributed by atoms with Crippen molar-refractivity contribution in [2.24, 2.45) is 23.2 Å². The zero-order valence-corrected chi connectivity index (χ0v) is 23.1. The van der Waals surface area contributed by atoms with Crippen LogP contribution in [0.1, 0.15) is 66.2 Å². The fourth-order valence-electron chi connectivity index (χ4n) is 9.30. The summed E-state index contributed by atoms with van der Waals surface area (Å²) in [7, 11) is 0. The van der Waals surface area contributed by atoms with Gasteiger partial charge in [-0.15, -0.1) is 0 Å². The van der Waals surface area contributed by atoms with Crippen LogP contribution in [0.4, 0.5) is 0 Å². The van der Waals surface area contributed by atoms with Gasteiger partial charge in [0.05, 0.1) is 42.2 Å². The molecular formula is C29H36O11. The Labute approximate surface area is 231 Å². The van der Waals surface area contributed by atoms with Crippen molar-refractivity contribution in [1.29, 1.82) is 0 Å². The third kappa shape index (κ3) is 3.13. The Hall–Kier alpha value is -2.15. The Morgan fingerprint density at radius 3 is 2.60 bits per heavy atom. The van der Waals surface area contributed by atoms with E-state index in [2.05, 4.69) is 0 Å². The summed E-state index contributed by atoms with van der Waals surface area (Å²) in [6, 6.07) is 0. The van der Waals surface area contributed by atoms with E-state index in [0.717, 1.165) is 0 Å². The minimum absolute atomic E-state index is 0.0228. The predicted octanol–water partition coefficient (Wildman–Crippen LogP) is 1.18.